The second kappa shape index (κ2) is 13.9. The number of aromatic nitrogens is 3. The molecule has 1 aromatic carbocycles. The molecule has 3 aromatic heterocycles. The molecule has 0 spiro atoms. The molecule has 2 unspecified atom stereocenters. The molecule has 1 N–H and O–H groups in total. The van der Waals surface area contributed by atoms with Gasteiger partial charge in [-0.3, -0.25) is 4.90 Å². The molecule has 4 aromatic rings. The van der Waals surface area contributed by atoms with Crippen LogP contribution >= 0.6 is 15.9 Å². The lowest BCUT2D eigenvalue weighted by Crippen LogP contribution is -2.42. The molecule has 11 nitrogen and oxygen atoms in total. The SMILES string of the molecule is COc1cc(C(O)(CCN2CCOCC2)C(c2cc3cc(Br)ccc3nc2OC)c2ccnc(OC)c2OC)cc(OC)n1. The van der Waals surface area contributed by atoms with Crippen molar-refractivity contribution >= 4 is 26.8 Å². The Bertz CT molecular complexity index is 1580. The number of ether oxygens (including phenoxy) is 6. The summed E-state index contributed by atoms with van der Waals surface area (Å²) in [5.74, 6) is 0.836. The molecule has 0 amide bonds. The van der Waals surface area contributed by atoms with E-state index in [1.54, 1.807) is 32.5 Å². The van der Waals surface area contributed by atoms with Crippen LogP contribution in [0.15, 0.2) is 53.1 Å². The average Bonchev–Trinajstić information content (AvgIpc) is 3.07. The predicted molar refractivity (Wildman–Crippen MR) is 168 cm³/mol. The van der Waals surface area contributed by atoms with Gasteiger partial charge in [0.1, 0.15) is 5.60 Å². The van der Waals surface area contributed by atoms with Gasteiger partial charge >= 0.3 is 0 Å². The highest BCUT2D eigenvalue weighted by atomic mass is 79.9. The first-order chi connectivity index (χ1) is 21.3. The second-order valence-electron chi connectivity index (χ2n) is 10.4. The molecule has 2 atom stereocenters. The van der Waals surface area contributed by atoms with E-state index in [4.69, 9.17) is 33.4 Å². The number of halogens is 1. The van der Waals surface area contributed by atoms with Crippen molar-refractivity contribution in [2.75, 3.05) is 68.4 Å². The third kappa shape index (κ3) is 6.39. The van der Waals surface area contributed by atoms with Crippen LogP contribution in [0.3, 0.4) is 0 Å². The Labute approximate surface area is 265 Å². The molecule has 0 saturated carbocycles. The van der Waals surface area contributed by atoms with E-state index < -0.39 is 11.5 Å². The fraction of sp³-hybridized carbons (Fsp3) is 0.406. The molecule has 5 rings (SSSR count). The van der Waals surface area contributed by atoms with Crippen LogP contribution in [0.1, 0.15) is 29.0 Å². The maximum atomic E-state index is 13.3. The molecule has 0 aliphatic carbocycles. The molecular weight excluding hydrogens is 632 g/mol. The zero-order valence-corrected chi connectivity index (χ0v) is 27.1. The van der Waals surface area contributed by atoms with Gasteiger partial charge in [0, 0.05) is 58.9 Å². The molecule has 4 heterocycles. The van der Waals surface area contributed by atoms with E-state index in [0.717, 1.165) is 28.5 Å². The standard InChI is InChI=1S/C32H37BrN4O7/c1-39-26-18-21(19-27(36-26)40-2)32(38,9-11-37-12-14-44-15-13-37)28(23-8-10-34-31(43-5)29(23)41-3)24-17-20-16-22(33)6-7-25(20)35-30(24)42-4/h6-8,10,16-19,28,38H,9,11-15H2,1-5H3. The van der Waals surface area contributed by atoms with Gasteiger partial charge in [-0.05, 0) is 42.3 Å². The Hall–Kier alpha value is -3.71. The lowest BCUT2D eigenvalue weighted by atomic mass is 9.71. The third-order valence-electron chi connectivity index (χ3n) is 7.97. The van der Waals surface area contributed by atoms with Crippen LogP contribution in [0.5, 0.6) is 29.3 Å². The van der Waals surface area contributed by atoms with Crippen molar-refractivity contribution < 1.29 is 33.5 Å². The Balaban J connectivity index is 1.83. The number of rotatable bonds is 12. The highest BCUT2D eigenvalue weighted by Crippen LogP contribution is 2.51. The van der Waals surface area contributed by atoms with Crippen molar-refractivity contribution in [3.63, 3.8) is 0 Å². The van der Waals surface area contributed by atoms with Gasteiger partial charge in [-0.25, -0.2) is 9.97 Å². The normalized spacial score (nSPS) is 15.8. The van der Waals surface area contributed by atoms with Gasteiger partial charge in [0.25, 0.3) is 5.88 Å². The highest BCUT2D eigenvalue weighted by Gasteiger charge is 2.45. The van der Waals surface area contributed by atoms with E-state index in [-0.39, 0.29) is 5.88 Å². The number of nitrogens with zero attached hydrogens (tertiary/aromatic N) is 4. The highest BCUT2D eigenvalue weighted by molar-refractivity contribution is 9.10. The van der Waals surface area contributed by atoms with E-state index >= 15 is 0 Å². The lowest BCUT2D eigenvalue weighted by molar-refractivity contribution is -0.0162. The molecule has 1 saturated heterocycles. The van der Waals surface area contributed by atoms with E-state index in [9.17, 15) is 5.11 Å². The molecule has 1 aliphatic heterocycles. The molecule has 0 radical (unpaired) electrons. The summed E-state index contributed by atoms with van der Waals surface area (Å²) in [5, 5.41) is 14.2. The van der Waals surface area contributed by atoms with Crippen LogP contribution in [0.4, 0.5) is 0 Å². The van der Waals surface area contributed by atoms with Crippen LogP contribution in [0.25, 0.3) is 10.9 Å². The molecule has 1 aliphatic rings. The number of aliphatic hydroxyl groups is 1. The number of pyridine rings is 3. The summed E-state index contributed by atoms with van der Waals surface area (Å²) in [6, 6.07) is 13.1. The van der Waals surface area contributed by atoms with Crippen molar-refractivity contribution in [1.82, 2.24) is 19.9 Å². The first-order valence-corrected chi connectivity index (χ1v) is 15.0. The fourth-order valence-electron chi connectivity index (χ4n) is 5.77. The molecule has 234 valence electrons. The van der Waals surface area contributed by atoms with Crippen LogP contribution in [-0.2, 0) is 10.3 Å². The van der Waals surface area contributed by atoms with Crippen LogP contribution in [-0.4, -0.2) is 93.4 Å². The van der Waals surface area contributed by atoms with E-state index in [0.29, 0.717) is 66.3 Å². The number of methoxy groups -OCH3 is 5. The molecule has 12 heteroatoms. The number of hydrogen-bond donors (Lipinski definition) is 1. The van der Waals surface area contributed by atoms with Crippen LogP contribution < -0.4 is 23.7 Å². The van der Waals surface area contributed by atoms with Crippen molar-refractivity contribution in [3.05, 3.63) is 69.8 Å². The quantitative estimate of drug-likeness (QED) is 0.229. The summed E-state index contributed by atoms with van der Waals surface area (Å²) in [6.45, 7) is 3.34. The minimum absolute atomic E-state index is 0.283. The Morgan fingerprint density at radius 1 is 0.864 bits per heavy atom. The summed E-state index contributed by atoms with van der Waals surface area (Å²) >= 11 is 3.59. The van der Waals surface area contributed by atoms with E-state index in [2.05, 4.69) is 30.8 Å². The molecular formula is C32H37BrN4O7. The number of hydrogen-bond acceptors (Lipinski definition) is 11. The van der Waals surface area contributed by atoms with Gasteiger partial charge in [-0.15, -0.1) is 0 Å². The second-order valence-corrected chi connectivity index (χ2v) is 11.3. The van der Waals surface area contributed by atoms with Crippen LogP contribution in [0, 0.1) is 0 Å². The smallest absolute Gasteiger partial charge is 0.257 e. The van der Waals surface area contributed by atoms with Crippen molar-refractivity contribution in [1.29, 1.82) is 0 Å². The minimum atomic E-state index is -1.60. The van der Waals surface area contributed by atoms with Gasteiger partial charge in [0.2, 0.25) is 17.6 Å². The summed E-state index contributed by atoms with van der Waals surface area (Å²) in [7, 11) is 7.71. The Kier molecular flexibility index (Phi) is 10.0. The van der Waals surface area contributed by atoms with E-state index in [1.165, 1.54) is 21.3 Å². The van der Waals surface area contributed by atoms with Crippen molar-refractivity contribution in [2.24, 2.45) is 0 Å². The zero-order valence-electron chi connectivity index (χ0n) is 25.5. The van der Waals surface area contributed by atoms with Crippen molar-refractivity contribution in [3.8, 4) is 29.3 Å². The molecule has 0 bridgehead atoms. The number of benzene rings is 1. The summed E-state index contributed by atoms with van der Waals surface area (Å²) in [6.07, 6.45) is 1.94. The Morgan fingerprint density at radius 3 is 2.20 bits per heavy atom. The number of morpholine rings is 1. The topological polar surface area (TPSA) is 118 Å². The monoisotopic (exact) mass is 668 g/mol. The van der Waals surface area contributed by atoms with Gasteiger partial charge in [-0.1, -0.05) is 15.9 Å². The summed E-state index contributed by atoms with van der Waals surface area (Å²) in [4.78, 5) is 15.9. The van der Waals surface area contributed by atoms with Crippen LogP contribution in [0.2, 0.25) is 0 Å². The zero-order chi connectivity index (χ0) is 31.3. The average molecular weight is 670 g/mol. The van der Waals surface area contributed by atoms with Gasteiger partial charge in [-0.2, -0.15) is 4.98 Å². The summed E-state index contributed by atoms with van der Waals surface area (Å²) < 4.78 is 35.0. The predicted octanol–water partition coefficient (Wildman–Crippen LogP) is 4.57. The maximum absolute atomic E-state index is 13.3. The van der Waals surface area contributed by atoms with Gasteiger partial charge in [0.15, 0.2) is 5.75 Å². The summed E-state index contributed by atoms with van der Waals surface area (Å²) in [5.41, 5.74) is 0.956. The molecule has 1 fully saturated rings. The first kappa shape index (κ1) is 31.7. The number of fused-ring (bicyclic) bond motifs is 1. The largest absolute Gasteiger partial charge is 0.491 e. The van der Waals surface area contributed by atoms with Crippen molar-refractivity contribution in [2.45, 2.75) is 17.9 Å². The van der Waals surface area contributed by atoms with Gasteiger partial charge in [0.05, 0.1) is 60.2 Å². The van der Waals surface area contributed by atoms with E-state index in [1.807, 2.05) is 30.3 Å². The minimum Gasteiger partial charge on any atom is -0.491 e. The maximum Gasteiger partial charge on any atom is 0.257 e. The Morgan fingerprint density at radius 2 is 1.57 bits per heavy atom. The van der Waals surface area contributed by atoms with Gasteiger partial charge < -0.3 is 33.5 Å². The third-order valence-corrected chi connectivity index (χ3v) is 8.46. The fourth-order valence-corrected chi connectivity index (χ4v) is 6.15. The molecule has 44 heavy (non-hydrogen) atoms. The first-order valence-electron chi connectivity index (χ1n) is 14.2. The lowest BCUT2D eigenvalue weighted by Gasteiger charge is -2.40.